The van der Waals surface area contributed by atoms with Crippen molar-refractivity contribution in [2.45, 2.75) is 0 Å². The lowest BCUT2D eigenvalue weighted by atomic mass is 10.2. The quantitative estimate of drug-likeness (QED) is 0.520. The summed E-state index contributed by atoms with van der Waals surface area (Å²) >= 11 is 5.76. The minimum atomic E-state index is -0.506. The fourth-order valence-electron chi connectivity index (χ4n) is 2.63. The number of amides is 1. The van der Waals surface area contributed by atoms with Crippen molar-refractivity contribution in [2.24, 2.45) is 0 Å². The molecule has 0 radical (unpaired) electrons. The zero-order chi connectivity index (χ0) is 19.5. The van der Waals surface area contributed by atoms with Crippen LogP contribution in [0.5, 0.6) is 0 Å². The standard InChI is InChI=1S/C20H13ClFN5O/c21-14-11-13(6-7-15(14)22)24-18-9-8-17(26-27-18)20(28)25-16-5-1-3-12-4-2-10-23-19(12)16/h1-11H,(H,24,27)(H,25,28). The van der Waals surface area contributed by atoms with E-state index in [1.165, 1.54) is 24.3 Å². The average molecular weight is 394 g/mol. The largest absolute Gasteiger partial charge is 0.339 e. The number of carbonyl (C=O) groups excluding carboxylic acids is 1. The Balaban J connectivity index is 1.50. The highest BCUT2D eigenvalue weighted by molar-refractivity contribution is 6.31. The first-order valence-corrected chi connectivity index (χ1v) is 8.69. The smallest absolute Gasteiger partial charge is 0.276 e. The highest BCUT2D eigenvalue weighted by Crippen LogP contribution is 2.23. The van der Waals surface area contributed by atoms with Gasteiger partial charge in [0.25, 0.3) is 5.91 Å². The van der Waals surface area contributed by atoms with E-state index in [0.717, 1.165) is 5.39 Å². The predicted molar refractivity (Wildman–Crippen MR) is 106 cm³/mol. The van der Waals surface area contributed by atoms with Crippen LogP contribution < -0.4 is 10.6 Å². The zero-order valence-electron chi connectivity index (χ0n) is 14.4. The van der Waals surface area contributed by atoms with Gasteiger partial charge in [0.05, 0.1) is 16.2 Å². The molecule has 0 saturated carbocycles. The molecule has 2 aromatic carbocycles. The third-order valence-electron chi connectivity index (χ3n) is 3.97. The summed E-state index contributed by atoms with van der Waals surface area (Å²) in [6.45, 7) is 0. The first-order valence-electron chi connectivity index (χ1n) is 8.31. The van der Waals surface area contributed by atoms with Crippen LogP contribution in [-0.2, 0) is 0 Å². The van der Waals surface area contributed by atoms with Crippen LogP contribution in [-0.4, -0.2) is 21.1 Å². The summed E-state index contributed by atoms with van der Waals surface area (Å²) in [7, 11) is 0. The Labute approximate surface area is 164 Å². The summed E-state index contributed by atoms with van der Waals surface area (Å²) in [4.78, 5) is 16.8. The summed E-state index contributed by atoms with van der Waals surface area (Å²) in [6.07, 6.45) is 1.67. The fourth-order valence-corrected chi connectivity index (χ4v) is 2.81. The molecule has 0 unspecified atom stereocenters. The Kier molecular flexibility index (Phi) is 4.82. The lowest BCUT2D eigenvalue weighted by molar-refractivity contribution is 0.102. The van der Waals surface area contributed by atoms with Crippen molar-refractivity contribution in [2.75, 3.05) is 10.6 Å². The van der Waals surface area contributed by atoms with Gasteiger partial charge in [-0.15, -0.1) is 10.2 Å². The Bertz CT molecular complexity index is 1160. The first-order chi connectivity index (χ1) is 13.6. The van der Waals surface area contributed by atoms with Crippen molar-refractivity contribution in [1.29, 1.82) is 0 Å². The minimum Gasteiger partial charge on any atom is -0.339 e. The van der Waals surface area contributed by atoms with Gasteiger partial charge in [0.1, 0.15) is 5.82 Å². The molecule has 4 rings (SSSR count). The second-order valence-corrected chi connectivity index (χ2v) is 6.30. The van der Waals surface area contributed by atoms with E-state index >= 15 is 0 Å². The first kappa shape index (κ1) is 17.8. The molecular weight excluding hydrogens is 381 g/mol. The molecule has 0 aliphatic rings. The number of carbonyl (C=O) groups is 1. The van der Waals surface area contributed by atoms with Gasteiger partial charge in [0.2, 0.25) is 0 Å². The molecule has 0 spiro atoms. The van der Waals surface area contributed by atoms with Crippen molar-refractivity contribution < 1.29 is 9.18 Å². The number of benzene rings is 2. The summed E-state index contributed by atoms with van der Waals surface area (Å²) in [5.74, 6) is -0.513. The van der Waals surface area contributed by atoms with Gasteiger partial charge in [-0.25, -0.2) is 4.39 Å². The molecule has 0 aliphatic carbocycles. The van der Waals surface area contributed by atoms with Crippen molar-refractivity contribution >= 4 is 45.6 Å². The number of rotatable bonds is 4. The van der Waals surface area contributed by atoms with Gasteiger partial charge >= 0.3 is 0 Å². The lowest BCUT2D eigenvalue weighted by Gasteiger charge is -2.08. The molecule has 2 N–H and O–H groups in total. The number of pyridine rings is 1. The van der Waals surface area contributed by atoms with Crippen molar-refractivity contribution in [3.63, 3.8) is 0 Å². The normalized spacial score (nSPS) is 10.6. The molecule has 138 valence electrons. The second-order valence-electron chi connectivity index (χ2n) is 5.89. The number of hydrogen-bond donors (Lipinski definition) is 2. The van der Waals surface area contributed by atoms with E-state index in [-0.39, 0.29) is 10.7 Å². The number of anilines is 3. The van der Waals surface area contributed by atoms with E-state index in [1.807, 2.05) is 24.3 Å². The topological polar surface area (TPSA) is 79.8 Å². The maximum Gasteiger partial charge on any atom is 0.276 e. The highest BCUT2D eigenvalue weighted by atomic mass is 35.5. The minimum absolute atomic E-state index is 0.00217. The average Bonchev–Trinajstić information content (AvgIpc) is 2.71. The molecule has 28 heavy (non-hydrogen) atoms. The number of nitrogens with one attached hydrogen (secondary N) is 2. The van der Waals surface area contributed by atoms with E-state index < -0.39 is 11.7 Å². The molecule has 1 amide bonds. The monoisotopic (exact) mass is 393 g/mol. The Morgan fingerprint density at radius 3 is 2.64 bits per heavy atom. The van der Waals surface area contributed by atoms with Gasteiger partial charge < -0.3 is 10.6 Å². The highest BCUT2D eigenvalue weighted by Gasteiger charge is 2.11. The van der Waals surface area contributed by atoms with Crippen molar-refractivity contribution in [3.8, 4) is 0 Å². The van der Waals surface area contributed by atoms with Crippen LogP contribution in [0.4, 0.5) is 21.6 Å². The van der Waals surface area contributed by atoms with Gasteiger partial charge in [-0.05, 0) is 42.5 Å². The number of nitrogens with zero attached hydrogens (tertiary/aromatic N) is 3. The molecule has 0 saturated heterocycles. The Hall–Kier alpha value is -3.58. The van der Waals surface area contributed by atoms with Crippen LogP contribution in [0.2, 0.25) is 5.02 Å². The number of halogens is 2. The Morgan fingerprint density at radius 1 is 1.00 bits per heavy atom. The summed E-state index contributed by atoms with van der Waals surface area (Å²) < 4.78 is 13.2. The summed E-state index contributed by atoms with van der Waals surface area (Å²) in [6, 6.07) is 16.6. The van der Waals surface area contributed by atoms with Crippen LogP contribution in [0.25, 0.3) is 10.9 Å². The van der Waals surface area contributed by atoms with Gasteiger partial charge in [-0.1, -0.05) is 29.8 Å². The lowest BCUT2D eigenvalue weighted by Crippen LogP contribution is -2.15. The van der Waals surface area contributed by atoms with Gasteiger partial charge in [0, 0.05) is 17.3 Å². The molecule has 2 heterocycles. The molecular formula is C20H13ClFN5O. The van der Waals surface area contributed by atoms with Gasteiger partial charge in [-0.3, -0.25) is 9.78 Å². The van der Waals surface area contributed by atoms with Crippen LogP contribution in [0.1, 0.15) is 10.5 Å². The van der Waals surface area contributed by atoms with Crippen LogP contribution >= 0.6 is 11.6 Å². The summed E-state index contributed by atoms with van der Waals surface area (Å²) in [5, 5.41) is 14.6. The van der Waals surface area contributed by atoms with Crippen LogP contribution in [0.3, 0.4) is 0 Å². The second kappa shape index (κ2) is 7.58. The molecule has 8 heteroatoms. The van der Waals surface area contributed by atoms with Gasteiger partial charge in [-0.2, -0.15) is 0 Å². The maximum absolute atomic E-state index is 13.2. The number of para-hydroxylation sites is 1. The maximum atomic E-state index is 13.2. The zero-order valence-corrected chi connectivity index (χ0v) is 15.1. The van der Waals surface area contributed by atoms with Crippen LogP contribution in [0.15, 0.2) is 66.9 Å². The van der Waals surface area contributed by atoms with E-state index in [4.69, 9.17) is 11.6 Å². The molecule has 4 aromatic rings. The summed E-state index contributed by atoms with van der Waals surface area (Å²) in [5.41, 5.74) is 1.99. The Morgan fingerprint density at radius 2 is 1.86 bits per heavy atom. The number of hydrogen-bond acceptors (Lipinski definition) is 5. The number of aromatic nitrogens is 3. The van der Waals surface area contributed by atoms with E-state index in [1.54, 1.807) is 18.3 Å². The molecule has 0 bridgehead atoms. The SMILES string of the molecule is O=C(Nc1cccc2cccnc12)c1ccc(Nc2ccc(F)c(Cl)c2)nn1. The molecule has 0 aliphatic heterocycles. The molecule has 6 nitrogen and oxygen atoms in total. The van der Waals surface area contributed by atoms with Crippen LogP contribution in [0, 0.1) is 5.82 Å². The third-order valence-corrected chi connectivity index (χ3v) is 4.26. The van der Waals surface area contributed by atoms with Gasteiger partial charge in [0.15, 0.2) is 11.5 Å². The molecule has 0 fully saturated rings. The molecule has 2 aromatic heterocycles. The molecule has 0 atom stereocenters. The van der Waals surface area contributed by atoms with E-state index in [0.29, 0.717) is 22.7 Å². The van der Waals surface area contributed by atoms with Crippen molar-refractivity contribution in [1.82, 2.24) is 15.2 Å². The number of fused-ring (bicyclic) bond motifs is 1. The third kappa shape index (κ3) is 3.74. The predicted octanol–water partition coefficient (Wildman–Crippen LogP) is 4.81. The van der Waals surface area contributed by atoms with Crippen molar-refractivity contribution in [3.05, 3.63) is 83.4 Å². The van der Waals surface area contributed by atoms with E-state index in [9.17, 15) is 9.18 Å². The fraction of sp³-hybridized carbons (Fsp3) is 0. The van der Waals surface area contributed by atoms with E-state index in [2.05, 4.69) is 25.8 Å².